The lowest BCUT2D eigenvalue weighted by molar-refractivity contribution is -0.120. The van der Waals surface area contributed by atoms with E-state index in [0.717, 1.165) is 33.3 Å². The second-order valence-corrected chi connectivity index (χ2v) is 6.94. The van der Waals surface area contributed by atoms with E-state index in [0.29, 0.717) is 6.42 Å². The van der Waals surface area contributed by atoms with Crippen molar-refractivity contribution in [3.8, 4) is 11.4 Å². The molecule has 0 spiro atoms. The van der Waals surface area contributed by atoms with Gasteiger partial charge >= 0.3 is 0 Å². The van der Waals surface area contributed by atoms with Crippen molar-refractivity contribution in [1.82, 2.24) is 9.99 Å². The summed E-state index contributed by atoms with van der Waals surface area (Å²) in [4.78, 5) is 12.9. The number of aromatic nitrogens is 1. The molecule has 0 unspecified atom stereocenters. The maximum absolute atomic E-state index is 11.9. The molecule has 0 saturated heterocycles. The number of aryl methyl sites for hydroxylation is 1. The van der Waals surface area contributed by atoms with E-state index in [2.05, 4.69) is 21.2 Å². The lowest BCUT2D eigenvalue weighted by atomic mass is 10.2. The molecule has 0 aliphatic heterocycles. The van der Waals surface area contributed by atoms with Gasteiger partial charge in [0.05, 0.1) is 19.7 Å². The predicted molar refractivity (Wildman–Crippen MR) is 106 cm³/mol. The third-order valence-corrected chi connectivity index (χ3v) is 4.99. The first-order valence-corrected chi connectivity index (χ1v) is 9.14. The Balaban J connectivity index is 1.71. The Labute approximate surface area is 156 Å². The molecule has 0 saturated carbocycles. The van der Waals surface area contributed by atoms with Gasteiger partial charge in [0.25, 0.3) is 0 Å². The van der Waals surface area contributed by atoms with Crippen molar-refractivity contribution >= 4 is 23.5 Å². The molecule has 3 rings (SSSR count). The highest BCUT2D eigenvalue weighted by atomic mass is 32.1. The zero-order valence-corrected chi connectivity index (χ0v) is 15.8. The number of carbonyl (C=O) groups excluding carboxylic acids is 1. The van der Waals surface area contributed by atoms with Crippen LogP contribution in [0.1, 0.15) is 21.8 Å². The second-order valence-electron chi connectivity index (χ2n) is 5.91. The second kappa shape index (κ2) is 8.01. The summed E-state index contributed by atoms with van der Waals surface area (Å²) in [5.41, 5.74) is 6.77. The van der Waals surface area contributed by atoms with Gasteiger partial charge in [-0.15, -0.1) is 11.3 Å². The topological polar surface area (TPSA) is 55.6 Å². The van der Waals surface area contributed by atoms with E-state index in [4.69, 9.17) is 4.74 Å². The highest BCUT2D eigenvalue weighted by Crippen LogP contribution is 2.21. The monoisotopic (exact) mass is 367 g/mol. The number of hydrogen-bond donors (Lipinski definition) is 1. The number of thiophene rings is 1. The maximum atomic E-state index is 11.9. The van der Waals surface area contributed by atoms with Crippen LogP contribution in [0.3, 0.4) is 0 Å². The number of amides is 1. The lowest BCUT2D eigenvalue weighted by Gasteiger charge is -2.10. The molecule has 0 fully saturated rings. The number of nitrogens with one attached hydrogen (secondary N) is 1. The summed E-state index contributed by atoms with van der Waals surface area (Å²) in [6.07, 6.45) is 2.04. The van der Waals surface area contributed by atoms with Gasteiger partial charge in [-0.05, 0) is 55.6 Å². The van der Waals surface area contributed by atoms with Crippen LogP contribution in [0.2, 0.25) is 0 Å². The van der Waals surface area contributed by atoms with Gasteiger partial charge in [0.15, 0.2) is 0 Å². The van der Waals surface area contributed by atoms with Crippen LogP contribution in [0, 0.1) is 13.8 Å². The first-order valence-electron chi connectivity index (χ1n) is 8.26. The van der Waals surface area contributed by atoms with Crippen molar-refractivity contribution < 1.29 is 9.53 Å². The standard InChI is InChI=1S/C20H21N3O2S/c1-14-11-16(13-21-22-20(24)12-19-5-4-10-26-19)15(2)23(14)17-6-8-18(25-3)9-7-17/h4-11,13H,12H2,1-3H3,(H,22,24)/b21-13-. The molecule has 3 aromatic rings. The first-order chi connectivity index (χ1) is 12.6. The zero-order valence-electron chi connectivity index (χ0n) is 15.0. The number of hydrazone groups is 1. The van der Waals surface area contributed by atoms with E-state index < -0.39 is 0 Å². The van der Waals surface area contributed by atoms with Crippen LogP contribution in [0.15, 0.2) is 52.9 Å². The Morgan fingerprint density at radius 3 is 2.69 bits per heavy atom. The molecule has 0 atom stereocenters. The molecule has 26 heavy (non-hydrogen) atoms. The molecule has 2 heterocycles. The van der Waals surface area contributed by atoms with Crippen LogP contribution >= 0.6 is 11.3 Å². The van der Waals surface area contributed by atoms with Crippen LogP contribution < -0.4 is 10.2 Å². The van der Waals surface area contributed by atoms with Crippen LogP contribution in [0.25, 0.3) is 5.69 Å². The minimum Gasteiger partial charge on any atom is -0.497 e. The number of ether oxygens (including phenoxy) is 1. The van der Waals surface area contributed by atoms with E-state index >= 15 is 0 Å². The van der Waals surface area contributed by atoms with Gasteiger partial charge in [0.1, 0.15) is 5.75 Å². The van der Waals surface area contributed by atoms with E-state index in [-0.39, 0.29) is 5.91 Å². The normalized spacial score (nSPS) is 11.0. The largest absolute Gasteiger partial charge is 0.497 e. The summed E-state index contributed by atoms with van der Waals surface area (Å²) in [6.45, 7) is 4.08. The average molecular weight is 367 g/mol. The predicted octanol–water partition coefficient (Wildman–Crippen LogP) is 3.86. The summed E-state index contributed by atoms with van der Waals surface area (Å²) in [5, 5.41) is 6.06. The first kappa shape index (κ1) is 17.9. The van der Waals surface area contributed by atoms with E-state index in [1.54, 1.807) is 24.7 Å². The highest BCUT2D eigenvalue weighted by molar-refractivity contribution is 7.10. The summed E-state index contributed by atoms with van der Waals surface area (Å²) in [7, 11) is 1.66. The Hall–Kier alpha value is -2.86. The Kier molecular flexibility index (Phi) is 5.53. The van der Waals surface area contributed by atoms with Gasteiger partial charge in [-0.2, -0.15) is 5.10 Å². The summed E-state index contributed by atoms with van der Waals surface area (Å²) < 4.78 is 7.36. The van der Waals surface area contributed by atoms with Crippen molar-refractivity contribution in [3.05, 3.63) is 69.7 Å². The van der Waals surface area contributed by atoms with Gasteiger partial charge in [-0.1, -0.05) is 6.07 Å². The minimum absolute atomic E-state index is 0.118. The quantitative estimate of drug-likeness (QED) is 0.531. The van der Waals surface area contributed by atoms with Crippen LogP contribution in [-0.2, 0) is 11.2 Å². The summed E-state index contributed by atoms with van der Waals surface area (Å²) in [6, 6.07) is 13.8. The van der Waals surface area contributed by atoms with Crippen LogP contribution in [0.5, 0.6) is 5.75 Å². The fourth-order valence-electron chi connectivity index (χ4n) is 2.83. The van der Waals surface area contributed by atoms with Crippen LogP contribution in [-0.4, -0.2) is 23.8 Å². The third kappa shape index (κ3) is 4.03. The number of carbonyl (C=O) groups is 1. The summed E-state index contributed by atoms with van der Waals surface area (Å²) in [5.74, 6) is 0.708. The molecule has 5 nitrogen and oxygen atoms in total. The van der Waals surface area contributed by atoms with Gasteiger partial charge in [-0.3, -0.25) is 4.79 Å². The van der Waals surface area contributed by atoms with E-state index in [1.807, 2.05) is 55.6 Å². The van der Waals surface area contributed by atoms with Crippen molar-refractivity contribution in [2.45, 2.75) is 20.3 Å². The lowest BCUT2D eigenvalue weighted by Crippen LogP contribution is -2.19. The number of benzene rings is 1. The molecule has 1 amide bonds. The third-order valence-electron chi connectivity index (χ3n) is 4.11. The average Bonchev–Trinajstić information content (AvgIpc) is 3.23. The molecular weight excluding hydrogens is 346 g/mol. The maximum Gasteiger partial charge on any atom is 0.245 e. The number of methoxy groups -OCH3 is 1. The molecule has 1 N–H and O–H groups in total. The van der Waals surface area contributed by atoms with E-state index in [1.165, 1.54) is 0 Å². The smallest absolute Gasteiger partial charge is 0.245 e. The molecule has 0 aliphatic carbocycles. The van der Waals surface area contributed by atoms with Gasteiger partial charge in [0.2, 0.25) is 5.91 Å². The number of hydrogen-bond acceptors (Lipinski definition) is 4. The molecule has 6 heteroatoms. The molecule has 0 bridgehead atoms. The van der Waals surface area contributed by atoms with Gasteiger partial charge in [-0.25, -0.2) is 5.43 Å². The molecule has 134 valence electrons. The summed E-state index contributed by atoms with van der Waals surface area (Å²) >= 11 is 1.56. The minimum atomic E-state index is -0.118. The number of rotatable bonds is 6. The van der Waals surface area contributed by atoms with Gasteiger partial charge in [0, 0.05) is 27.5 Å². The van der Waals surface area contributed by atoms with Gasteiger partial charge < -0.3 is 9.30 Å². The Bertz CT molecular complexity index is 909. The fourth-order valence-corrected chi connectivity index (χ4v) is 3.54. The van der Waals surface area contributed by atoms with Crippen molar-refractivity contribution in [3.63, 3.8) is 0 Å². The van der Waals surface area contributed by atoms with Crippen molar-refractivity contribution in [2.24, 2.45) is 5.10 Å². The molecule has 0 aliphatic rings. The molecule has 0 radical (unpaired) electrons. The number of nitrogens with zero attached hydrogens (tertiary/aromatic N) is 2. The van der Waals surface area contributed by atoms with Crippen molar-refractivity contribution in [2.75, 3.05) is 7.11 Å². The van der Waals surface area contributed by atoms with Crippen molar-refractivity contribution in [1.29, 1.82) is 0 Å². The fraction of sp³-hybridized carbons (Fsp3) is 0.200. The Morgan fingerprint density at radius 2 is 2.04 bits per heavy atom. The molecule has 1 aromatic carbocycles. The zero-order chi connectivity index (χ0) is 18.5. The molecular formula is C20H21N3O2S. The SMILES string of the molecule is COc1ccc(-n2c(C)cc(/C=N\NC(=O)Cc3cccs3)c2C)cc1. The highest BCUT2D eigenvalue weighted by Gasteiger charge is 2.10. The van der Waals surface area contributed by atoms with Crippen LogP contribution in [0.4, 0.5) is 0 Å². The Morgan fingerprint density at radius 1 is 1.27 bits per heavy atom. The molecule has 2 aromatic heterocycles. The van der Waals surface area contributed by atoms with E-state index in [9.17, 15) is 4.79 Å².